The number of nitrogens with two attached hydrogens (primary N) is 1. The first-order chi connectivity index (χ1) is 17.5. The molecule has 200 valence electrons. The van der Waals surface area contributed by atoms with E-state index >= 15 is 0 Å². The predicted octanol–water partition coefficient (Wildman–Crippen LogP) is 4.54. The van der Waals surface area contributed by atoms with Crippen LogP contribution >= 0.6 is 11.6 Å². The van der Waals surface area contributed by atoms with Gasteiger partial charge in [0.1, 0.15) is 0 Å². The molecule has 4 fully saturated rings. The third-order valence-electron chi connectivity index (χ3n) is 10.1. The second-order valence-corrected chi connectivity index (χ2v) is 12.4. The smallest absolute Gasteiger partial charge is 0.248 e. The summed E-state index contributed by atoms with van der Waals surface area (Å²) in [7, 11) is 0. The molecule has 2 aliphatic carbocycles. The summed E-state index contributed by atoms with van der Waals surface area (Å²) in [4.78, 5) is 19.7. The van der Waals surface area contributed by atoms with Crippen molar-refractivity contribution >= 4 is 28.3 Å². The third-order valence-corrected chi connectivity index (χ3v) is 10.4. The Morgan fingerprint density at radius 3 is 2.49 bits per heavy atom. The molecule has 1 amide bonds. The summed E-state index contributed by atoms with van der Waals surface area (Å²) in [6.07, 6.45) is 3.68. The van der Waals surface area contributed by atoms with Crippen LogP contribution in [0.3, 0.4) is 0 Å². The number of benzene rings is 1. The summed E-state index contributed by atoms with van der Waals surface area (Å²) in [5, 5.41) is 12.9. The van der Waals surface area contributed by atoms with Gasteiger partial charge in [0.15, 0.2) is 0 Å². The van der Waals surface area contributed by atoms with Gasteiger partial charge in [0.2, 0.25) is 11.8 Å². The average molecular weight is 534 g/mol. The number of carbonyl (C=O) groups is 1. The average Bonchev–Trinajstić information content (AvgIpc) is 3.42. The lowest BCUT2D eigenvalue weighted by Crippen LogP contribution is -2.56. The number of primary amides is 1. The Bertz CT molecular complexity index is 1240. The molecule has 2 aliphatic heterocycles. The number of halogens is 3. The minimum atomic E-state index is -2.67. The number of aromatic nitrogens is 1. The fourth-order valence-corrected chi connectivity index (χ4v) is 7.71. The van der Waals surface area contributed by atoms with Crippen LogP contribution in [0.1, 0.15) is 69.0 Å². The molecule has 6 rings (SSSR count). The monoisotopic (exact) mass is 533 g/mol. The standard InChI is InChI=1S/C28H34ClF2N3O3/c1-25(16-37-14-23(25)35)34-8-2-17(3-9-34)20-10-18-12-22(33-13-19(18)11-21(20)29)28(24(32)36)15-26(28)4-6-27(30,31)7-5-26/h10-13,17,23,35H,2-9,14-16H2,1H3,(H2,32,36). The van der Waals surface area contributed by atoms with Crippen LogP contribution in [0.25, 0.3) is 10.8 Å². The molecule has 37 heavy (non-hydrogen) atoms. The molecule has 0 radical (unpaired) electrons. The fraction of sp³-hybridized carbons (Fsp3) is 0.643. The highest BCUT2D eigenvalue weighted by molar-refractivity contribution is 6.32. The largest absolute Gasteiger partial charge is 0.389 e. The van der Waals surface area contributed by atoms with Crippen molar-refractivity contribution in [3.63, 3.8) is 0 Å². The van der Waals surface area contributed by atoms with E-state index in [4.69, 9.17) is 22.1 Å². The number of hydrogen-bond donors (Lipinski definition) is 2. The zero-order valence-corrected chi connectivity index (χ0v) is 21.9. The molecule has 2 saturated heterocycles. The van der Waals surface area contributed by atoms with E-state index in [1.54, 1.807) is 6.20 Å². The number of amides is 1. The van der Waals surface area contributed by atoms with Gasteiger partial charge in [0.05, 0.1) is 36.0 Å². The number of ether oxygens (including phenoxy) is 1. The van der Waals surface area contributed by atoms with Gasteiger partial charge < -0.3 is 15.6 Å². The van der Waals surface area contributed by atoms with Crippen LogP contribution in [-0.2, 0) is 14.9 Å². The van der Waals surface area contributed by atoms with Crippen LogP contribution in [0, 0.1) is 5.41 Å². The molecule has 2 aromatic rings. The quantitative estimate of drug-likeness (QED) is 0.602. The van der Waals surface area contributed by atoms with E-state index in [9.17, 15) is 18.7 Å². The molecule has 1 aromatic heterocycles. The number of piperidine rings is 1. The molecule has 1 spiro atoms. The first kappa shape index (κ1) is 25.4. The van der Waals surface area contributed by atoms with Crippen molar-refractivity contribution in [1.82, 2.24) is 9.88 Å². The maximum Gasteiger partial charge on any atom is 0.248 e. The second-order valence-electron chi connectivity index (χ2n) is 12.0. The lowest BCUT2D eigenvalue weighted by molar-refractivity contribution is -0.122. The fourth-order valence-electron chi connectivity index (χ4n) is 7.38. The van der Waals surface area contributed by atoms with Crippen molar-refractivity contribution in [2.75, 3.05) is 26.3 Å². The molecule has 0 bridgehead atoms. The number of fused-ring (bicyclic) bond motifs is 1. The van der Waals surface area contributed by atoms with Gasteiger partial charge in [-0.05, 0) is 92.6 Å². The van der Waals surface area contributed by atoms with Crippen LogP contribution in [0.2, 0.25) is 5.02 Å². The van der Waals surface area contributed by atoms with E-state index in [0.717, 1.165) is 42.3 Å². The molecule has 6 nitrogen and oxygen atoms in total. The normalized spacial score (nSPS) is 33.7. The number of likely N-dealkylation sites (tertiary alicyclic amines) is 1. The van der Waals surface area contributed by atoms with E-state index in [2.05, 4.69) is 22.9 Å². The number of carbonyl (C=O) groups excluding carboxylic acids is 1. The molecular weight excluding hydrogens is 500 g/mol. The van der Waals surface area contributed by atoms with E-state index in [1.165, 1.54) is 0 Å². The van der Waals surface area contributed by atoms with Crippen LogP contribution < -0.4 is 5.73 Å². The summed E-state index contributed by atoms with van der Waals surface area (Å²) in [6, 6.07) is 5.94. The molecule has 3 atom stereocenters. The maximum absolute atomic E-state index is 13.9. The maximum atomic E-state index is 13.9. The first-order valence-corrected chi connectivity index (χ1v) is 13.7. The van der Waals surface area contributed by atoms with Crippen molar-refractivity contribution in [3.05, 3.63) is 40.7 Å². The molecule has 9 heteroatoms. The van der Waals surface area contributed by atoms with E-state index in [-0.39, 0.29) is 37.1 Å². The number of aliphatic hydroxyl groups excluding tert-OH is 1. The van der Waals surface area contributed by atoms with Gasteiger partial charge in [-0.1, -0.05) is 11.6 Å². The van der Waals surface area contributed by atoms with E-state index in [1.807, 2.05) is 12.1 Å². The van der Waals surface area contributed by atoms with Gasteiger partial charge in [-0.3, -0.25) is 14.7 Å². The van der Waals surface area contributed by atoms with Crippen molar-refractivity contribution in [2.45, 2.75) is 80.8 Å². The summed E-state index contributed by atoms with van der Waals surface area (Å²) in [6.45, 7) is 4.66. The van der Waals surface area contributed by atoms with Gasteiger partial charge in [0.25, 0.3) is 0 Å². The van der Waals surface area contributed by atoms with Gasteiger partial charge >= 0.3 is 0 Å². The van der Waals surface area contributed by atoms with Crippen LogP contribution in [-0.4, -0.2) is 64.8 Å². The first-order valence-electron chi connectivity index (χ1n) is 13.3. The number of pyridine rings is 1. The topological polar surface area (TPSA) is 88.7 Å². The third kappa shape index (κ3) is 3.89. The highest BCUT2D eigenvalue weighted by Crippen LogP contribution is 2.71. The number of hydrogen-bond acceptors (Lipinski definition) is 5. The SMILES string of the molecule is CC1(N2CCC(c3cc4cc(C5(C(N)=O)CC56CCC(F)(F)CC6)ncc4cc3Cl)CC2)COCC1O. The van der Waals surface area contributed by atoms with E-state index < -0.39 is 28.8 Å². The lowest BCUT2D eigenvalue weighted by atomic mass is 9.76. The Kier molecular flexibility index (Phi) is 5.88. The molecular formula is C28H34ClF2N3O3. The lowest BCUT2D eigenvalue weighted by Gasteiger charge is -2.43. The zero-order valence-electron chi connectivity index (χ0n) is 21.1. The minimum Gasteiger partial charge on any atom is -0.389 e. The molecule has 3 N–H and O–H groups in total. The zero-order chi connectivity index (χ0) is 26.2. The summed E-state index contributed by atoms with van der Waals surface area (Å²) in [5.74, 6) is -2.88. The Labute approximate surface area is 220 Å². The molecule has 3 heterocycles. The Morgan fingerprint density at radius 1 is 1.16 bits per heavy atom. The van der Waals surface area contributed by atoms with E-state index in [0.29, 0.717) is 30.4 Å². The highest BCUT2D eigenvalue weighted by Gasteiger charge is 2.73. The predicted molar refractivity (Wildman–Crippen MR) is 137 cm³/mol. The minimum absolute atomic E-state index is 0.212. The number of alkyl halides is 2. The van der Waals surface area contributed by atoms with Gasteiger partial charge in [0, 0.05) is 29.4 Å². The van der Waals surface area contributed by atoms with Crippen molar-refractivity contribution in [3.8, 4) is 0 Å². The number of nitrogens with zero attached hydrogens (tertiary/aromatic N) is 2. The van der Waals surface area contributed by atoms with Crippen molar-refractivity contribution < 1.29 is 23.4 Å². The number of aliphatic hydroxyl groups is 1. The second kappa shape index (κ2) is 8.57. The highest BCUT2D eigenvalue weighted by atomic mass is 35.5. The Balaban J connectivity index is 1.27. The van der Waals surface area contributed by atoms with Gasteiger partial charge in [-0.2, -0.15) is 0 Å². The summed E-state index contributed by atoms with van der Waals surface area (Å²) >= 11 is 6.74. The Hall–Kier alpha value is -1.87. The van der Waals surface area contributed by atoms with Crippen LogP contribution in [0.5, 0.6) is 0 Å². The molecule has 2 saturated carbocycles. The van der Waals surface area contributed by atoms with Gasteiger partial charge in [-0.25, -0.2) is 8.78 Å². The Morgan fingerprint density at radius 2 is 1.86 bits per heavy atom. The summed E-state index contributed by atoms with van der Waals surface area (Å²) < 4.78 is 33.3. The summed E-state index contributed by atoms with van der Waals surface area (Å²) in [5.41, 5.74) is 5.71. The van der Waals surface area contributed by atoms with Crippen LogP contribution in [0.15, 0.2) is 24.4 Å². The molecule has 1 aromatic carbocycles. The van der Waals surface area contributed by atoms with Crippen molar-refractivity contribution in [1.29, 1.82) is 0 Å². The molecule has 4 aliphatic rings. The number of rotatable bonds is 4. The van der Waals surface area contributed by atoms with Gasteiger partial charge in [-0.15, -0.1) is 0 Å². The van der Waals surface area contributed by atoms with Crippen LogP contribution in [0.4, 0.5) is 8.78 Å². The molecule has 3 unspecified atom stereocenters. The van der Waals surface area contributed by atoms with Crippen molar-refractivity contribution in [2.24, 2.45) is 11.1 Å².